The molecule has 2 aliphatic rings. The maximum absolute atomic E-state index is 13.7. The van der Waals surface area contributed by atoms with E-state index in [1.54, 1.807) is 18.2 Å². The third-order valence-corrected chi connectivity index (χ3v) is 5.80. The second kappa shape index (κ2) is 8.98. The number of rotatable bonds is 4. The number of hydrogen-bond donors (Lipinski definition) is 0. The predicted octanol–water partition coefficient (Wildman–Crippen LogP) is 3.49. The lowest BCUT2D eigenvalue weighted by atomic mass is 9.91. The zero-order chi connectivity index (χ0) is 21.1. The van der Waals surface area contributed by atoms with E-state index in [-0.39, 0.29) is 18.4 Å². The van der Waals surface area contributed by atoms with Gasteiger partial charge in [-0.05, 0) is 37.0 Å². The molecular weight excluding hydrogens is 404 g/mol. The molecule has 6 nitrogen and oxygen atoms in total. The number of fused-ring (bicyclic) bond motifs is 1. The number of benzene rings is 2. The molecule has 1 unspecified atom stereocenters. The predicted molar refractivity (Wildman–Crippen MR) is 115 cm³/mol. The molecule has 2 aromatic rings. The molecule has 7 heteroatoms. The first-order valence-corrected chi connectivity index (χ1v) is 10.4. The Labute approximate surface area is 180 Å². The van der Waals surface area contributed by atoms with Gasteiger partial charge in [-0.2, -0.15) is 0 Å². The number of amides is 1. The van der Waals surface area contributed by atoms with Gasteiger partial charge in [-0.1, -0.05) is 41.9 Å². The summed E-state index contributed by atoms with van der Waals surface area (Å²) < 4.78 is 10.3. The summed E-state index contributed by atoms with van der Waals surface area (Å²) in [5.74, 6) is -0.658. The molecule has 0 spiro atoms. The number of ether oxygens (including phenoxy) is 2. The van der Waals surface area contributed by atoms with Gasteiger partial charge in [-0.3, -0.25) is 19.5 Å². The molecule has 1 atom stereocenters. The van der Waals surface area contributed by atoms with Crippen LogP contribution in [0.4, 0.5) is 5.69 Å². The molecule has 156 valence electrons. The first-order valence-electron chi connectivity index (χ1n) is 9.97. The Hall–Kier alpha value is -2.70. The monoisotopic (exact) mass is 426 g/mol. The van der Waals surface area contributed by atoms with Crippen molar-refractivity contribution < 1.29 is 19.1 Å². The Bertz CT molecular complexity index is 970. The fourth-order valence-corrected chi connectivity index (χ4v) is 4.17. The van der Waals surface area contributed by atoms with Crippen molar-refractivity contribution >= 4 is 34.9 Å². The fraction of sp³-hybridized carbons (Fsp3) is 0.348. The molecule has 30 heavy (non-hydrogen) atoms. The van der Waals surface area contributed by atoms with Crippen LogP contribution in [0.3, 0.4) is 0 Å². The van der Waals surface area contributed by atoms with Crippen molar-refractivity contribution in [1.29, 1.82) is 0 Å². The average molecular weight is 427 g/mol. The molecule has 2 heterocycles. The lowest BCUT2D eigenvalue weighted by molar-refractivity contribution is -0.140. The van der Waals surface area contributed by atoms with Crippen LogP contribution in [0, 0.1) is 5.92 Å². The molecule has 1 saturated heterocycles. The average Bonchev–Trinajstić information content (AvgIpc) is 2.89. The Morgan fingerprint density at radius 2 is 1.93 bits per heavy atom. The van der Waals surface area contributed by atoms with E-state index >= 15 is 0 Å². The molecule has 2 aliphatic heterocycles. The third-order valence-electron chi connectivity index (χ3n) is 5.57. The van der Waals surface area contributed by atoms with Gasteiger partial charge < -0.3 is 9.47 Å². The molecular formula is C23H23ClN2O4. The third kappa shape index (κ3) is 4.11. The second-order valence-electron chi connectivity index (χ2n) is 7.40. The minimum atomic E-state index is -0.611. The summed E-state index contributed by atoms with van der Waals surface area (Å²) in [4.78, 5) is 32.3. The molecule has 0 aliphatic carbocycles. The molecule has 0 N–H and O–H groups in total. The molecule has 0 aromatic heterocycles. The van der Waals surface area contributed by atoms with Crippen molar-refractivity contribution in [2.24, 2.45) is 10.9 Å². The van der Waals surface area contributed by atoms with Gasteiger partial charge in [0.1, 0.15) is 12.6 Å². The van der Waals surface area contributed by atoms with Crippen LogP contribution < -0.4 is 4.90 Å². The number of halogens is 1. The number of carbonyl (C=O) groups excluding carboxylic acids is 2. The van der Waals surface area contributed by atoms with Crippen LogP contribution in [0.1, 0.15) is 24.0 Å². The van der Waals surface area contributed by atoms with Gasteiger partial charge in [-0.15, -0.1) is 0 Å². The van der Waals surface area contributed by atoms with Gasteiger partial charge in [0, 0.05) is 29.4 Å². The number of nitrogens with zero attached hydrogens (tertiary/aromatic N) is 2. The molecule has 0 radical (unpaired) electrons. The van der Waals surface area contributed by atoms with E-state index in [2.05, 4.69) is 0 Å². The number of methoxy groups -OCH3 is 1. The highest BCUT2D eigenvalue weighted by molar-refractivity contribution is 6.32. The van der Waals surface area contributed by atoms with Crippen LogP contribution in [-0.2, 0) is 19.1 Å². The van der Waals surface area contributed by atoms with E-state index < -0.39 is 12.0 Å². The quantitative estimate of drug-likeness (QED) is 0.702. The van der Waals surface area contributed by atoms with Crippen molar-refractivity contribution in [3.8, 4) is 0 Å². The molecule has 1 amide bonds. The fourth-order valence-electron chi connectivity index (χ4n) is 4.00. The molecule has 0 bridgehead atoms. The van der Waals surface area contributed by atoms with Crippen LogP contribution in [-0.4, -0.2) is 50.5 Å². The van der Waals surface area contributed by atoms with Gasteiger partial charge in [0.25, 0.3) is 5.91 Å². The molecule has 4 rings (SSSR count). The summed E-state index contributed by atoms with van der Waals surface area (Å²) in [6, 6.07) is 14.4. The SMILES string of the molecule is COC(=O)CN1C(=O)C(C2CCOCC2)N=C(c2ccccc2)c2cc(Cl)ccc21. The first kappa shape index (κ1) is 20.6. The van der Waals surface area contributed by atoms with E-state index in [4.69, 9.17) is 26.1 Å². The Morgan fingerprint density at radius 1 is 1.20 bits per heavy atom. The Morgan fingerprint density at radius 3 is 2.63 bits per heavy atom. The number of aliphatic imine (C=N–C) groups is 1. The second-order valence-corrected chi connectivity index (χ2v) is 7.84. The van der Waals surface area contributed by atoms with Crippen LogP contribution in [0.25, 0.3) is 0 Å². The van der Waals surface area contributed by atoms with Crippen LogP contribution in [0.5, 0.6) is 0 Å². The summed E-state index contributed by atoms with van der Waals surface area (Å²) in [6.45, 7) is 1.02. The zero-order valence-corrected chi connectivity index (χ0v) is 17.5. The van der Waals surface area contributed by atoms with Crippen molar-refractivity contribution in [2.75, 3.05) is 31.8 Å². The van der Waals surface area contributed by atoms with Crippen molar-refractivity contribution in [3.05, 3.63) is 64.7 Å². The maximum atomic E-state index is 13.7. The number of anilines is 1. The van der Waals surface area contributed by atoms with E-state index in [0.717, 1.165) is 24.0 Å². The largest absolute Gasteiger partial charge is 0.468 e. The van der Waals surface area contributed by atoms with E-state index in [1.807, 2.05) is 30.3 Å². The minimum Gasteiger partial charge on any atom is -0.468 e. The van der Waals surface area contributed by atoms with E-state index in [1.165, 1.54) is 12.0 Å². The highest BCUT2D eigenvalue weighted by atomic mass is 35.5. The minimum absolute atomic E-state index is 0.0369. The zero-order valence-electron chi connectivity index (χ0n) is 16.7. The van der Waals surface area contributed by atoms with Crippen molar-refractivity contribution in [1.82, 2.24) is 0 Å². The van der Waals surface area contributed by atoms with Crippen LogP contribution in [0.15, 0.2) is 53.5 Å². The van der Waals surface area contributed by atoms with Crippen LogP contribution in [0.2, 0.25) is 5.02 Å². The molecule has 0 saturated carbocycles. The lowest BCUT2D eigenvalue weighted by Crippen LogP contribution is -2.45. The van der Waals surface area contributed by atoms with Gasteiger partial charge in [0.05, 0.1) is 18.5 Å². The highest BCUT2D eigenvalue weighted by Gasteiger charge is 2.38. The van der Waals surface area contributed by atoms with Crippen LogP contribution >= 0.6 is 11.6 Å². The molecule has 2 aromatic carbocycles. The normalized spacial score (nSPS) is 19.7. The maximum Gasteiger partial charge on any atom is 0.325 e. The number of benzodiazepines with no additional fused rings is 1. The number of esters is 1. The standard InChI is InChI=1S/C23H23ClN2O4/c1-29-20(27)14-26-19-8-7-17(24)13-18(19)21(15-5-3-2-4-6-15)25-22(23(26)28)16-9-11-30-12-10-16/h2-8,13,16,22H,9-12,14H2,1H3. The Balaban J connectivity index is 1.89. The summed E-state index contributed by atoms with van der Waals surface area (Å²) in [7, 11) is 1.31. The number of carbonyl (C=O) groups is 2. The smallest absolute Gasteiger partial charge is 0.325 e. The number of hydrogen-bond acceptors (Lipinski definition) is 5. The summed E-state index contributed by atoms with van der Waals surface area (Å²) >= 11 is 6.32. The van der Waals surface area contributed by atoms with Gasteiger partial charge in [0.2, 0.25) is 0 Å². The van der Waals surface area contributed by atoms with E-state index in [0.29, 0.717) is 29.6 Å². The lowest BCUT2D eigenvalue weighted by Gasteiger charge is -2.30. The van der Waals surface area contributed by atoms with Gasteiger partial charge in [0.15, 0.2) is 0 Å². The van der Waals surface area contributed by atoms with Crippen molar-refractivity contribution in [3.63, 3.8) is 0 Å². The molecule has 1 fully saturated rings. The van der Waals surface area contributed by atoms with Gasteiger partial charge >= 0.3 is 5.97 Å². The van der Waals surface area contributed by atoms with Crippen molar-refractivity contribution in [2.45, 2.75) is 18.9 Å². The topological polar surface area (TPSA) is 68.2 Å². The highest BCUT2D eigenvalue weighted by Crippen LogP contribution is 2.34. The van der Waals surface area contributed by atoms with Gasteiger partial charge in [-0.25, -0.2) is 0 Å². The summed E-state index contributed by atoms with van der Waals surface area (Å²) in [5.41, 5.74) is 2.92. The summed E-state index contributed by atoms with van der Waals surface area (Å²) in [6.07, 6.45) is 1.48. The Kier molecular flexibility index (Phi) is 6.16. The first-order chi connectivity index (χ1) is 14.6. The summed E-state index contributed by atoms with van der Waals surface area (Å²) in [5, 5.41) is 0.535. The van der Waals surface area contributed by atoms with E-state index in [9.17, 15) is 9.59 Å².